The zero-order valence-electron chi connectivity index (χ0n) is 15.7. The molecule has 0 saturated carbocycles. The standard InChI is InChI=1S/C19H26N2O6/c1-3-4-10-26-19(24)21-12-15(11-16(21)17(22)25-2)20-18(23)27-13-14-8-6-5-7-9-14/h5-9,15-16H,3-4,10-13H2,1-2H3,(H,20,23). The van der Waals surface area contributed by atoms with Crippen molar-refractivity contribution >= 4 is 18.2 Å². The molecule has 0 radical (unpaired) electrons. The summed E-state index contributed by atoms with van der Waals surface area (Å²) in [5, 5.41) is 2.69. The SMILES string of the molecule is CCCCOC(=O)N1CC(NC(=O)OCc2ccccc2)CC1C(=O)OC. The molecule has 1 fully saturated rings. The quantitative estimate of drug-likeness (QED) is 0.445. The normalized spacial score (nSPS) is 18.7. The van der Waals surface area contributed by atoms with Gasteiger partial charge in [0.1, 0.15) is 12.6 Å². The summed E-state index contributed by atoms with van der Waals surface area (Å²) in [6.07, 6.45) is 0.700. The number of benzene rings is 1. The molecule has 148 valence electrons. The van der Waals surface area contributed by atoms with Gasteiger partial charge in [-0.05, 0) is 12.0 Å². The van der Waals surface area contributed by atoms with Gasteiger partial charge in [0.25, 0.3) is 0 Å². The van der Waals surface area contributed by atoms with E-state index in [1.165, 1.54) is 12.0 Å². The van der Waals surface area contributed by atoms with Crippen LogP contribution in [0, 0.1) is 0 Å². The first-order valence-corrected chi connectivity index (χ1v) is 9.03. The number of hydrogen-bond acceptors (Lipinski definition) is 6. The van der Waals surface area contributed by atoms with E-state index in [-0.39, 0.29) is 26.2 Å². The van der Waals surface area contributed by atoms with E-state index in [0.717, 1.165) is 18.4 Å². The third-order valence-corrected chi connectivity index (χ3v) is 4.27. The molecule has 1 N–H and O–H groups in total. The summed E-state index contributed by atoms with van der Waals surface area (Å²) in [4.78, 5) is 37.5. The van der Waals surface area contributed by atoms with Gasteiger partial charge in [-0.15, -0.1) is 0 Å². The molecule has 1 saturated heterocycles. The van der Waals surface area contributed by atoms with Crippen LogP contribution in [-0.4, -0.2) is 55.4 Å². The molecule has 1 aliphatic heterocycles. The highest BCUT2D eigenvalue weighted by Gasteiger charge is 2.42. The monoisotopic (exact) mass is 378 g/mol. The van der Waals surface area contributed by atoms with E-state index in [9.17, 15) is 14.4 Å². The van der Waals surface area contributed by atoms with Crippen LogP contribution in [0.3, 0.4) is 0 Å². The Bertz CT molecular complexity index is 636. The maximum atomic E-state index is 12.2. The van der Waals surface area contributed by atoms with E-state index < -0.39 is 30.2 Å². The number of amides is 2. The highest BCUT2D eigenvalue weighted by Crippen LogP contribution is 2.20. The Morgan fingerprint density at radius 3 is 2.59 bits per heavy atom. The van der Waals surface area contributed by atoms with Crippen molar-refractivity contribution in [2.24, 2.45) is 0 Å². The van der Waals surface area contributed by atoms with Crippen LogP contribution >= 0.6 is 0 Å². The zero-order valence-corrected chi connectivity index (χ0v) is 15.7. The average Bonchev–Trinajstić information content (AvgIpc) is 3.10. The highest BCUT2D eigenvalue weighted by molar-refractivity contribution is 5.82. The van der Waals surface area contributed by atoms with Gasteiger partial charge < -0.3 is 19.5 Å². The van der Waals surface area contributed by atoms with Crippen molar-refractivity contribution in [3.05, 3.63) is 35.9 Å². The van der Waals surface area contributed by atoms with Gasteiger partial charge in [0, 0.05) is 13.0 Å². The predicted octanol–water partition coefficient (Wildman–Crippen LogP) is 2.47. The molecule has 2 rings (SSSR count). The van der Waals surface area contributed by atoms with Gasteiger partial charge in [0.15, 0.2) is 0 Å². The van der Waals surface area contributed by atoms with Crippen LogP contribution in [0.15, 0.2) is 30.3 Å². The van der Waals surface area contributed by atoms with Crippen molar-refractivity contribution in [1.29, 1.82) is 0 Å². The Labute approximate surface area is 158 Å². The fourth-order valence-electron chi connectivity index (χ4n) is 2.82. The van der Waals surface area contributed by atoms with Crippen LogP contribution in [0.4, 0.5) is 9.59 Å². The highest BCUT2D eigenvalue weighted by atomic mass is 16.6. The first kappa shape index (κ1) is 20.5. The second kappa shape index (κ2) is 10.4. The third kappa shape index (κ3) is 6.16. The topological polar surface area (TPSA) is 94.2 Å². The Hall–Kier alpha value is -2.77. The summed E-state index contributed by atoms with van der Waals surface area (Å²) in [6, 6.07) is 8.09. The van der Waals surface area contributed by atoms with Crippen molar-refractivity contribution in [3.8, 4) is 0 Å². The van der Waals surface area contributed by atoms with E-state index >= 15 is 0 Å². The van der Waals surface area contributed by atoms with Gasteiger partial charge in [-0.2, -0.15) is 0 Å². The molecule has 1 heterocycles. The summed E-state index contributed by atoms with van der Waals surface area (Å²) in [6.45, 7) is 2.58. The number of hydrogen-bond donors (Lipinski definition) is 1. The predicted molar refractivity (Wildman–Crippen MR) is 96.9 cm³/mol. The molecule has 0 aliphatic carbocycles. The van der Waals surface area contributed by atoms with Gasteiger partial charge in [-0.3, -0.25) is 4.90 Å². The summed E-state index contributed by atoms with van der Waals surface area (Å²) < 4.78 is 15.1. The van der Waals surface area contributed by atoms with Crippen molar-refractivity contribution in [2.75, 3.05) is 20.3 Å². The minimum Gasteiger partial charge on any atom is -0.467 e. The molecule has 1 aromatic carbocycles. The van der Waals surface area contributed by atoms with Gasteiger partial charge in [0.05, 0.1) is 19.8 Å². The van der Waals surface area contributed by atoms with Crippen LogP contribution in [0.2, 0.25) is 0 Å². The number of methoxy groups -OCH3 is 1. The summed E-state index contributed by atoms with van der Waals surface area (Å²) in [5.41, 5.74) is 0.868. The van der Waals surface area contributed by atoms with E-state index in [4.69, 9.17) is 14.2 Å². The molecular weight excluding hydrogens is 352 g/mol. The number of esters is 1. The second-order valence-electron chi connectivity index (χ2n) is 6.30. The van der Waals surface area contributed by atoms with Crippen LogP contribution in [-0.2, 0) is 25.6 Å². The number of rotatable bonds is 7. The molecule has 8 nitrogen and oxygen atoms in total. The summed E-state index contributed by atoms with van der Waals surface area (Å²) in [5.74, 6) is -0.538. The lowest BCUT2D eigenvalue weighted by Gasteiger charge is -2.21. The maximum Gasteiger partial charge on any atom is 0.410 e. The minimum atomic E-state index is -0.788. The lowest BCUT2D eigenvalue weighted by molar-refractivity contribution is -0.145. The molecule has 1 aromatic rings. The van der Waals surface area contributed by atoms with Crippen LogP contribution < -0.4 is 5.32 Å². The third-order valence-electron chi connectivity index (χ3n) is 4.27. The van der Waals surface area contributed by atoms with E-state index in [2.05, 4.69) is 5.32 Å². The van der Waals surface area contributed by atoms with Crippen molar-refractivity contribution in [3.63, 3.8) is 0 Å². The van der Waals surface area contributed by atoms with Gasteiger partial charge >= 0.3 is 18.2 Å². The summed E-state index contributed by atoms with van der Waals surface area (Å²) >= 11 is 0. The molecule has 8 heteroatoms. The minimum absolute atomic E-state index is 0.141. The fraction of sp³-hybridized carbons (Fsp3) is 0.526. The van der Waals surface area contributed by atoms with Crippen LogP contribution in [0.1, 0.15) is 31.7 Å². The van der Waals surface area contributed by atoms with Crippen LogP contribution in [0.5, 0.6) is 0 Å². The number of unbranched alkanes of at least 4 members (excludes halogenated alkanes) is 1. The van der Waals surface area contributed by atoms with E-state index in [1.807, 2.05) is 37.3 Å². The Kier molecular flexibility index (Phi) is 7.91. The number of alkyl carbamates (subject to hydrolysis) is 1. The van der Waals surface area contributed by atoms with Gasteiger partial charge in [-0.25, -0.2) is 14.4 Å². The molecular formula is C19H26N2O6. The molecule has 2 amide bonds. The Balaban J connectivity index is 1.88. The number of nitrogens with zero attached hydrogens (tertiary/aromatic N) is 1. The molecule has 27 heavy (non-hydrogen) atoms. The molecule has 0 bridgehead atoms. The average molecular weight is 378 g/mol. The Morgan fingerprint density at radius 1 is 1.19 bits per heavy atom. The maximum absolute atomic E-state index is 12.2. The first-order chi connectivity index (χ1) is 13.0. The summed E-state index contributed by atoms with van der Waals surface area (Å²) in [7, 11) is 1.26. The number of carbonyl (C=O) groups excluding carboxylic acids is 3. The molecule has 1 aliphatic rings. The number of nitrogens with one attached hydrogen (secondary N) is 1. The molecule has 2 atom stereocenters. The number of carbonyl (C=O) groups is 3. The van der Waals surface area contributed by atoms with E-state index in [0.29, 0.717) is 0 Å². The van der Waals surface area contributed by atoms with Crippen LogP contribution in [0.25, 0.3) is 0 Å². The van der Waals surface area contributed by atoms with Crippen molar-refractivity contribution in [1.82, 2.24) is 10.2 Å². The Morgan fingerprint density at radius 2 is 1.93 bits per heavy atom. The van der Waals surface area contributed by atoms with Crippen molar-refractivity contribution in [2.45, 2.75) is 44.9 Å². The lowest BCUT2D eigenvalue weighted by Crippen LogP contribution is -2.42. The van der Waals surface area contributed by atoms with Gasteiger partial charge in [0.2, 0.25) is 0 Å². The number of ether oxygens (including phenoxy) is 3. The zero-order chi connectivity index (χ0) is 19.6. The second-order valence-corrected chi connectivity index (χ2v) is 6.30. The lowest BCUT2D eigenvalue weighted by atomic mass is 10.2. The largest absolute Gasteiger partial charge is 0.467 e. The smallest absolute Gasteiger partial charge is 0.410 e. The van der Waals surface area contributed by atoms with Crippen molar-refractivity contribution < 1.29 is 28.6 Å². The molecule has 0 spiro atoms. The first-order valence-electron chi connectivity index (χ1n) is 9.03. The van der Waals surface area contributed by atoms with E-state index in [1.54, 1.807) is 0 Å². The fourth-order valence-corrected chi connectivity index (χ4v) is 2.82. The number of likely N-dealkylation sites (tertiary alicyclic amines) is 1. The molecule has 2 unspecified atom stereocenters. The molecule has 0 aromatic heterocycles. The van der Waals surface area contributed by atoms with Gasteiger partial charge in [-0.1, -0.05) is 43.7 Å².